The number of rotatable bonds is 2. The molecule has 0 spiro atoms. The monoisotopic (exact) mass is 221 g/mol. The summed E-state index contributed by atoms with van der Waals surface area (Å²) in [7, 11) is 1.98. The number of aryl methyl sites for hydroxylation is 1. The Morgan fingerprint density at radius 2 is 2.00 bits per heavy atom. The van der Waals surface area contributed by atoms with Gasteiger partial charge in [-0.15, -0.1) is 0 Å². The number of benzene rings is 1. The van der Waals surface area contributed by atoms with Crippen LogP contribution in [0.2, 0.25) is 0 Å². The topological polar surface area (TPSA) is 12.0 Å². The van der Waals surface area contributed by atoms with E-state index in [4.69, 9.17) is 0 Å². The Bertz CT molecular complexity index is 362. The maximum atomic E-state index is 13.8. The molecule has 2 unspecified atom stereocenters. The molecule has 2 heteroatoms. The maximum absolute atomic E-state index is 13.8. The summed E-state index contributed by atoms with van der Waals surface area (Å²) in [6.45, 7) is 2.03. The second-order valence-corrected chi connectivity index (χ2v) is 4.81. The summed E-state index contributed by atoms with van der Waals surface area (Å²) in [5, 5.41) is 3.33. The maximum Gasteiger partial charge on any atom is 0.126 e. The van der Waals surface area contributed by atoms with Crippen molar-refractivity contribution in [3.63, 3.8) is 0 Å². The summed E-state index contributed by atoms with van der Waals surface area (Å²) in [4.78, 5) is 0. The number of hydrogen-bond acceptors (Lipinski definition) is 1. The highest BCUT2D eigenvalue weighted by Crippen LogP contribution is 2.34. The third kappa shape index (κ3) is 2.27. The lowest BCUT2D eigenvalue weighted by molar-refractivity contribution is 0.337. The Morgan fingerprint density at radius 3 is 2.75 bits per heavy atom. The van der Waals surface area contributed by atoms with Gasteiger partial charge in [0.05, 0.1) is 0 Å². The largest absolute Gasteiger partial charge is 0.316 e. The van der Waals surface area contributed by atoms with Gasteiger partial charge in [-0.2, -0.15) is 0 Å². The standard InChI is InChI=1S/C14H20FN/c1-10-7-8-13(15)12(9-10)11-5-3-4-6-14(11)16-2/h7-9,11,14,16H,3-6H2,1-2H3. The lowest BCUT2D eigenvalue weighted by Crippen LogP contribution is -2.35. The van der Waals surface area contributed by atoms with Gasteiger partial charge < -0.3 is 5.32 Å². The highest BCUT2D eigenvalue weighted by atomic mass is 19.1. The van der Waals surface area contributed by atoms with Gasteiger partial charge in [-0.25, -0.2) is 4.39 Å². The van der Waals surface area contributed by atoms with Gasteiger partial charge in [0.15, 0.2) is 0 Å². The predicted octanol–water partition coefficient (Wildman–Crippen LogP) is 3.38. The van der Waals surface area contributed by atoms with Crippen LogP contribution in [0.3, 0.4) is 0 Å². The van der Waals surface area contributed by atoms with Gasteiger partial charge in [0.1, 0.15) is 5.82 Å². The number of likely N-dealkylation sites (N-methyl/N-ethyl adjacent to an activating group) is 1. The second kappa shape index (κ2) is 4.96. The van der Waals surface area contributed by atoms with Gasteiger partial charge in [0.25, 0.3) is 0 Å². The van der Waals surface area contributed by atoms with Crippen molar-refractivity contribution in [3.05, 3.63) is 35.1 Å². The molecule has 1 fully saturated rings. The summed E-state index contributed by atoms with van der Waals surface area (Å²) < 4.78 is 13.8. The molecule has 1 aliphatic carbocycles. The molecule has 0 bridgehead atoms. The van der Waals surface area contributed by atoms with E-state index in [9.17, 15) is 4.39 Å². The average molecular weight is 221 g/mol. The molecule has 0 amide bonds. The minimum atomic E-state index is -0.0437. The minimum Gasteiger partial charge on any atom is -0.316 e. The summed E-state index contributed by atoms with van der Waals surface area (Å²) in [5.41, 5.74) is 2.05. The van der Waals surface area contributed by atoms with Crippen molar-refractivity contribution in [2.75, 3.05) is 7.05 Å². The molecule has 0 aromatic heterocycles. The van der Waals surface area contributed by atoms with Crippen LogP contribution < -0.4 is 5.32 Å². The van der Waals surface area contributed by atoms with Crippen molar-refractivity contribution in [3.8, 4) is 0 Å². The molecule has 0 heterocycles. The third-order valence-electron chi connectivity index (χ3n) is 3.69. The number of halogens is 1. The van der Waals surface area contributed by atoms with Gasteiger partial charge in [0.2, 0.25) is 0 Å². The molecule has 1 aromatic rings. The summed E-state index contributed by atoms with van der Waals surface area (Å²) in [5.74, 6) is 0.302. The molecule has 0 saturated heterocycles. The molecular formula is C14H20FN. The molecule has 1 saturated carbocycles. The molecule has 1 aliphatic rings. The molecule has 1 nitrogen and oxygen atoms in total. The Hall–Kier alpha value is -0.890. The van der Waals surface area contributed by atoms with Gasteiger partial charge in [-0.3, -0.25) is 0 Å². The zero-order valence-electron chi connectivity index (χ0n) is 10.1. The van der Waals surface area contributed by atoms with Gasteiger partial charge in [-0.1, -0.05) is 30.5 Å². The third-order valence-corrected chi connectivity index (χ3v) is 3.69. The lowest BCUT2D eigenvalue weighted by atomic mass is 9.79. The van der Waals surface area contributed by atoms with Gasteiger partial charge >= 0.3 is 0 Å². The molecule has 2 rings (SSSR count). The molecule has 2 atom stereocenters. The Labute approximate surface area is 97.1 Å². The lowest BCUT2D eigenvalue weighted by Gasteiger charge is -2.32. The van der Waals surface area contributed by atoms with Crippen LogP contribution >= 0.6 is 0 Å². The first-order chi connectivity index (χ1) is 7.72. The summed E-state index contributed by atoms with van der Waals surface area (Å²) in [6.07, 6.45) is 4.74. The summed E-state index contributed by atoms with van der Waals surface area (Å²) >= 11 is 0. The fraction of sp³-hybridized carbons (Fsp3) is 0.571. The van der Waals surface area contributed by atoms with Crippen LogP contribution in [0.15, 0.2) is 18.2 Å². The molecule has 0 aliphatic heterocycles. The van der Waals surface area contributed by atoms with E-state index in [2.05, 4.69) is 5.32 Å². The van der Waals surface area contributed by atoms with Gasteiger partial charge in [-0.05, 0) is 38.4 Å². The van der Waals surface area contributed by atoms with Crippen molar-refractivity contribution >= 4 is 0 Å². The Balaban J connectivity index is 2.30. The molecule has 0 radical (unpaired) electrons. The van der Waals surface area contributed by atoms with E-state index in [0.717, 1.165) is 24.0 Å². The average Bonchev–Trinajstić information content (AvgIpc) is 2.32. The van der Waals surface area contributed by atoms with E-state index >= 15 is 0 Å². The van der Waals surface area contributed by atoms with Crippen molar-refractivity contribution in [2.24, 2.45) is 0 Å². The first kappa shape index (κ1) is 11.6. The van der Waals surface area contributed by atoms with E-state index in [1.54, 1.807) is 6.07 Å². The normalized spacial score (nSPS) is 25.7. The van der Waals surface area contributed by atoms with Crippen LogP contribution in [-0.2, 0) is 0 Å². The number of nitrogens with one attached hydrogen (secondary N) is 1. The number of hydrogen-bond donors (Lipinski definition) is 1. The van der Waals surface area contributed by atoms with Crippen LogP contribution in [0.25, 0.3) is 0 Å². The molecule has 16 heavy (non-hydrogen) atoms. The molecule has 1 aromatic carbocycles. The van der Waals surface area contributed by atoms with Crippen LogP contribution in [0, 0.1) is 12.7 Å². The highest BCUT2D eigenvalue weighted by Gasteiger charge is 2.27. The van der Waals surface area contributed by atoms with Crippen molar-refractivity contribution in [1.82, 2.24) is 5.32 Å². The Kier molecular flexibility index (Phi) is 3.59. The second-order valence-electron chi connectivity index (χ2n) is 4.81. The van der Waals surface area contributed by atoms with Gasteiger partial charge in [0, 0.05) is 12.0 Å². The van der Waals surface area contributed by atoms with Crippen molar-refractivity contribution in [2.45, 2.75) is 44.6 Å². The van der Waals surface area contributed by atoms with Crippen molar-refractivity contribution in [1.29, 1.82) is 0 Å². The SMILES string of the molecule is CNC1CCCCC1c1cc(C)ccc1F. The molecule has 1 N–H and O–H groups in total. The van der Waals surface area contributed by atoms with E-state index in [1.165, 1.54) is 12.8 Å². The zero-order valence-corrected chi connectivity index (χ0v) is 10.1. The van der Waals surface area contributed by atoms with E-state index < -0.39 is 0 Å². The minimum absolute atomic E-state index is 0.0437. The van der Waals surface area contributed by atoms with Crippen molar-refractivity contribution < 1.29 is 4.39 Å². The van der Waals surface area contributed by atoms with Crippen LogP contribution in [0.1, 0.15) is 42.7 Å². The fourth-order valence-electron chi connectivity index (χ4n) is 2.80. The quantitative estimate of drug-likeness (QED) is 0.807. The molecule has 88 valence electrons. The molecular weight excluding hydrogens is 201 g/mol. The van der Waals surface area contributed by atoms with E-state index in [0.29, 0.717) is 12.0 Å². The highest BCUT2D eigenvalue weighted by molar-refractivity contribution is 5.28. The van der Waals surface area contributed by atoms with E-state index in [1.807, 2.05) is 26.1 Å². The fourth-order valence-corrected chi connectivity index (χ4v) is 2.80. The van der Waals surface area contributed by atoms with Crippen LogP contribution in [-0.4, -0.2) is 13.1 Å². The van der Waals surface area contributed by atoms with Crippen LogP contribution in [0.4, 0.5) is 4.39 Å². The first-order valence-electron chi connectivity index (χ1n) is 6.15. The first-order valence-corrected chi connectivity index (χ1v) is 6.15. The smallest absolute Gasteiger partial charge is 0.126 e. The Morgan fingerprint density at radius 1 is 1.25 bits per heavy atom. The predicted molar refractivity (Wildman–Crippen MR) is 65.2 cm³/mol. The summed E-state index contributed by atoms with van der Waals surface area (Å²) in [6, 6.07) is 5.89. The van der Waals surface area contributed by atoms with Crippen LogP contribution in [0.5, 0.6) is 0 Å². The van der Waals surface area contributed by atoms with E-state index in [-0.39, 0.29) is 5.82 Å². The zero-order chi connectivity index (χ0) is 11.5.